The topological polar surface area (TPSA) is 18.0 Å². The van der Waals surface area contributed by atoms with Crippen LogP contribution in [-0.2, 0) is 0 Å². The van der Waals surface area contributed by atoms with Crippen LogP contribution in [0.1, 0.15) is 5.56 Å². The van der Waals surface area contributed by atoms with Crippen molar-refractivity contribution in [2.24, 2.45) is 0 Å². The lowest BCUT2D eigenvalue weighted by Crippen LogP contribution is -2.10. The molecule has 0 radical (unpaired) electrons. The zero-order chi connectivity index (χ0) is 36.5. The van der Waals surface area contributed by atoms with Crippen molar-refractivity contribution < 1.29 is 0 Å². The number of aryl methyl sites for hydroxylation is 1. The minimum absolute atomic E-state index is 1.09. The van der Waals surface area contributed by atoms with Gasteiger partial charge >= 0.3 is 0 Å². The Balaban J connectivity index is 1.10. The highest BCUT2D eigenvalue weighted by Gasteiger charge is 2.20. The predicted octanol–water partition coefficient (Wildman–Crippen LogP) is 13.6. The van der Waals surface area contributed by atoms with E-state index in [4.69, 9.17) is 0 Å². The molecule has 0 amide bonds. The first-order valence-corrected chi connectivity index (χ1v) is 18.9. The maximum absolute atomic E-state index is 2.43. The van der Waals surface area contributed by atoms with E-state index in [1.165, 1.54) is 60.1 Å². The van der Waals surface area contributed by atoms with E-state index in [9.17, 15) is 0 Å². The summed E-state index contributed by atoms with van der Waals surface area (Å²) in [5.41, 5.74) is 14.0. The zero-order valence-corrected chi connectivity index (χ0v) is 30.3. The molecule has 8 aromatic carbocycles. The Morgan fingerprint density at radius 2 is 0.909 bits per heavy atom. The van der Waals surface area contributed by atoms with E-state index < -0.39 is 0 Å². The summed E-state index contributed by atoms with van der Waals surface area (Å²) in [6.07, 6.45) is 2.19. The van der Waals surface area contributed by atoms with E-state index in [0.29, 0.717) is 0 Å². The number of aromatic nitrogens is 3. The molecule has 4 nitrogen and oxygen atoms in total. The first-order chi connectivity index (χ1) is 27.2. The fourth-order valence-electron chi connectivity index (χ4n) is 8.64. The minimum Gasteiger partial charge on any atom is -0.317 e. The van der Waals surface area contributed by atoms with E-state index in [0.717, 1.165) is 34.1 Å². The number of nitrogens with zero attached hydrogens (tertiary/aromatic N) is 4. The molecule has 0 N–H and O–H groups in total. The third kappa shape index (κ3) is 4.92. The molecule has 0 saturated carbocycles. The Morgan fingerprint density at radius 3 is 1.71 bits per heavy atom. The highest BCUT2D eigenvalue weighted by atomic mass is 15.1. The monoisotopic (exact) mass is 704 g/mol. The summed E-state index contributed by atoms with van der Waals surface area (Å²) in [5, 5.41) is 6.22. The van der Waals surface area contributed by atoms with Crippen molar-refractivity contribution >= 4 is 71.6 Å². The molecule has 0 atom stereocenters. The summed E-state index contributed by atoms with van der Waals surface area (Å²) in [5.74, 6) is 0. The second-order valence-corrected chi connectivity index (χ2v) is 14.3. The molecule has 0 saturated heterocycles. The maximum atomic E-state index is 2.43. The molecule has 0 aliphatic rings. The van der Waals surface area contributed by atoms with E-state index in [1.54, 1.807) is 0 Å². The number of fused-ring (bicyclic) bond motifs is 8. The molecule has 11 aromatic rings. The zero-order valence-electron chi connectivity index (χ0n) is 30.3. The van der Waals surface area contributed by atoms with Gasteiger partial charge < -0.3 is 18.6 Å². The molecule has 260 valence electrons. The molecule has 0 aliphatic heterocycles. The van der Waals surface area contributed by atoms with Crippen LogP contribution in [0.5, 0.6) is 0 Å². The van der Waals surface area contributed by atoms with Crippen molar-refractivity contribution in [3.8, 4) is 17.1 Å². The van der Waals surface area contributed by atoms with Gasteiger partial charge in [0.2, 0.25) is 0 Å². The molecular formula is C51H36N4. The summed E-state index contributed by atoms with van der Waals surface area (Å²) in [7, 11) is 0. The summed E-state index contributed by atoms with van der Waals surface area (Å²) in [6, 6.07) is 70.4. The standard InChI is InChI=1S/C51H36N4/c1-35-23-25-38(26-24-35)54-47-21-10-8-19-42(47)45-34-41(27-28-49(45)54)53(37-15-6-3-7-16-37)39-17-12-18-40(33-39)55-48-22-11-9-20-43(48)51-44-31-32-52(36-13-4-2-5-14-36)46(44)29-30-50(51)55/h2-34H,1H3. The van der Waals surface area contributed by atoms with Crippen LogP contribution in [0.2, 0.25) is 0 Å². The lowest BCUT2D eigenvalue weighted by molar-refractivity contribution is 1.13. The van der Waals surface area contributed by atoms with E-state index in [-0.39, 0.29) is 0 Å². The average Bonchev–Trinajstić information content (AvgIpc) is 3.92. The van der Waals surface area contributed by atoms with E-state index in [2.05, 4.69) is 226 Å². The highest BCUT2D eigenvalue weighted by Crippen LogP contribution is 2.42. The van der Waals surface area contributed by atoms with Gasteiger partial charge in [-0.3, -0.25) is 0 Å². The molecule has 3 aromatic heterocycles. The highest BCUT2D eigenvalue weighted by molar-refractivity contribution is 6.21. The number of benzene rings is 8. The normalized spacial score (nSPS) is 11.7. The average molecular weight is 705 g/mol. The number of hydrogen-bond donors (Lipinski definition) is 0. The van der Waals surface area contributed by atoms with Crippen molar-refractivity contribution in [3.63, 3.8) is 0 Å². The van der Waals surface area contributed by atoms with Gasteiger partial charge in [-0.05, 0) is 110 Å². The van der Waals surface area contributed by atoms with Crippen LogP contribution in [-0.4, -0.2) is 13.7 Å². The van der Waals surface area contributed by atoms with Crippen LogP contribution in [0, 0.1) is 6.92 Å². The first-order valence-electron chi connectivity index (χ1n) is 18.9. The Hall–Kier alpha value is -7.30. The van der Waals surface area contributed by atoms with Crippen molar-refractivity contribution in [3.05, 3.63) is 206 Å². The van der Waals surface area contributed by atoms with Crippen LogP contribution in [0.25, 0.3) is 71.6 Å². The van der Waals surface area contributed by atoms with Crippen LogP contribution >= 0.6 is 0 Å². The molecule has 3 heterocycles. The fraction of sp³-hybridized carbons (Fsp3) is 0.0196. The van der Waals surface area contributed by atoms with Gasteiger partial charge in [0, 0.05) is 67.3 Å². The van der Waals surface area contributed by atoms with Crippen LogP contribution in [0.4, 0.5) is 17.1 Å². The quantitative estimate of drug-likeness (QED) is 0.168. The molecule has 0 unspecified atom stereocenters. The Labute approximate surface area is 319 Å². The van der Waals surface area contributed by atoms with Crippen molar-refractivity contribution in [2.75, 3.05) is 4.90 Å². The smallest absolute Gasteiger partial charge is 0.0548 e. The van der Waals surface area contributed by atoms with Crippen molar-refractivity contribution in [1.82, 2.24) is 13.7 Å². The van der Waals surface area contributed by atoms with Gasteiger partial charge in [0.25, 0.3) is 0 Å². The molecular weight excluding hydrogens is 669 g/mol. The van der Waals surface area contributed by atoms with Crippen LogP contribution < -0.4 is 4.90 Å². The Morgan fingerprint density at radius 1 is 0.345 bits per heavy atom. The summed E-state index contributed by atoms with van der Waals surface area (Å²) >= 11 is 0. The van der Waals surface area contributed by atoms with Crippen molar-refractivity contribution in [1.29, 1.82) is 0 Å². The van der Waals surface area contributed by atoms with Gasteiger partial charge in [0.15, 0.2) is 0 Å². The molecule has 55 heavy (non-hydrogen) atoms. The van der Waals surface area contributed by atoms with Crippen LogP contribution in [0.15, 0.2) is 200 Å². The second kappa shape index (κ2) is 12.4. The van der Waals surface area contributed by atoms with Gasteiger partial charge in [-0.25, -0.2) is 0 Å². The molecule has 4 heteroatoms. The summed E-state index contributed by atoms with van der Waals surface area (Å²) < 4.78 is 7.10. The molecule has 11 rings (SSSR count). The third-order valence-electron chi connectivity index (χ3n) is 11.1. The molecule has 0 aliphatic carbocycles. The predicted molar refractivity (Wildman–Crippen MR) is 231 cm³/mol. The molecule has 0 fully saturated rings. The van der Waals surface area contributed by atoms with Gasteiger partial charge in [-0.15, -0.1) is 0 Å². The fourth-order valence-corrected chi connectivity index (χ4v) is 8.64. The Bertz CT molecular complexity index is 3200. The van der Waals surface area contributed by atoms with Crippen LogP contribution in [0.3, 0.4) is 0 Å². The number of para-hydroxylation sites is 4. The minimum atomic E-state index is 1.09. The van der Waals surface area contributed by atoms with Crippen molar-refractivity contribution in [2.45, 2.75) is 6.92 Å². The summed E-state index contributed by atoms with van der Waals surface area (Å²) in [4.78, 5) is 2.38. The first kappa shape index (κ1) is 31.2. The Kier molecular flexibility index (Phi) is 7.04. The van der Waals surface area contributed by atoms with Gasteiger partial charge in [0.1, 0.15) is 0 Å². The lowest BCUT2D eigenvalue weighted by Gasteiger charge is -2.26. The number of hydrogen-bond acceptors (Lipinski definition) is 1. The maximum Gasteiger partial charge on any atom is 0.0548 e. The van der Waals surface area contributed by atoms with Gasteiger partial charge in [-0.2, -0.15) is 0 Å². The third-order valence-corrected chi connectivity index (χ3v) is 11.1. The summed E-state index contributed by atoms with van der Waals surface area (Å²) in [6.45, 7) is 2.14. The van der Waals surface area contributed by atoms with E-state index in [1.807, 2.05) is 0 Å². The molecule has 0 bridgehead atoms. The molecule has 0 spiro atoms. The van der Waals surface area contributed by atoms with E-state index >= 15 is 0 Å². The SMILES string of the molecule is Cc1ccc(-n2c3ccccc3c3cc(N(c4ccccc4)c4cccc(-n5c6ccccc6c6c7ccn(-c8ccccc8)c7ccc65)c4)ccc32)cc1. The second-order valence-electron chi connectivity index (χ2n) is 14.3. The number of anilines is 3. The lowest BCUT2D eigenvalue weighted by atomic mass is 10.1. The number of rotatable bonds is 6. The van der Waals surface area contributed by atoms with Gasteiger partial charge in [-0.1, -0.05) is 96.6 Å². The largest absolute Gasteiger partial charge is 0.317 e. The van der Waals surface area contributed by atoms with Gasteiger partial charge in [0.05, 0.1) is 27.6 Å².